The van der Waals surface area contributed by atoms with Crippen molar-refractivity contribution in [1.82, 2.24) is 0 Å². The van der Waals surface area contributed by atoms with Gasteiger partial charge < -0.3 is 10.4 Å². The summed E-state index contributed by atoms with van der Waals surface area (Å²) in [5.74, 6) is -0.232. The third kappa shape index (κ3) is 2.13. The fourth-order valence-corrected chi connectivity index (χ4v) is 3.96. The van der Waals surface area contributed by atoms with E-state index in [4.69, 9.17) is 5.11 Å². The van der Waals surface area contributed by atoms with Crippen molar-refractivity contribution in [2.24, 2.45) is 5.92 Å². The second kappa shape index (κ2) is 4.06. The fourth-order valence-electron chi connectivity index (χ4n) is 1.45. The van der Waals surface area contributed by atoms with Crippen LogP contribution in [0.15, 0.2) is 10.3 Å². The number of carboxylic acid groups (broad SMARTS) is 1. The molecule has 2 rings (SSSR count). The first-order valence-corrected chi connectivity index (χ1v) is 6.55. The maximum atomic E-state index is 10.8. The van der Waals surface area contributed by atoms with E-state index in [-0.39, 0.29) is 0 Å². The molecule has 2 N–H and O–H groups in total. The number of nitrogens with one attached hydrogen (secondary N) is 1. The smallest absolute Gasteiger partial charge is 0.345 e. The number of thiophene rings is 1. The van der Waals surface area contributed by atoms with Gasteiger partial charge in [0.05, 0.1) is 9.90 Å². The summed E-state index contributed by atoms with van der Waals surface area (Å²) in [5, 5.41) is 12.7. The lowest BCUT2D eigenvalue weighted by molar-refractivity contribution is 0.0702. The van der Waals surface area contributed by atoms with Gasteiger partial charge in [0.1, 0.15) is 4.88 Å². The number of rotatable bonds is 2. The highest BCUT2D eigenvalue weighted by molar-refractivity contribution is 8.02. The predicted octanol–water partition coefficient (Wildman–Crippen LogP) is 2.99. The molecule has 1 aliphatic rings. The van der Waals surface area contributed by atoms with Crippen molar-refractivity contribution in [3.63, 3.8) is 0 Å². The summed E-state index contributed by atoms with van der Waals surface area (Å²) < 4.78 is 1.11. The number of aromatic carboxylic acids is 1. The molecule has 0 radical (unpaired) electrons. The van der Waals surface area contributed by atoms with Gasteiger partial charge in [0.25, 0.3) is 0 Å². The minimum atomic E-state index is -0.835. The Hall–Kier alpha value is -0.680. The largest absolute Gasteiger partial charge is 0.477 e. The molecule has 15 heavy (non-hydrogen) atoms. The van der Waals surface area contributed by atoms with E-state index in [9.17, 15) is 4.79 Å². The predicted molar refractivity (Wildman–Crippen MR) is 64.3 cm³/mol. The highest BCUT2D eigenvalue weighted by Crippen LogP contribution is 2.43. The Morgan fingerprint density at radius 3 is 3.00 bits per heavy atom. The van der Waals surface area contributed by atoms with Crippen molar-refractivity contribution in [1.29, 1.82) is 0 Å². The second-order valence-electron chi connectivity index (χ2n) is 3.90. The molecular weight excluding hydrogens is 230 g/mol. The van der Waals surface area contributed by atoms with Crippen LogP contribution in [0, 0.1) is 5.92 Å². The van der Waals surface area contributed by atoms with Crippen LogP contribution >= 0.6 is 23.1 Å². The molecule has 0 amide bonds. The minimum absolute atomic E-state index is 0.421. The van der Waals surface area contributed by atoms with E-state index < -0.39 is 5.97 Å². The van der Waals surface area contributed by atoms with Gasteiger partial charge in [0, 0.05) is 11.8 Å². The number of thioether (sulfide) groups is 1. The Kier molecular flexibility index (Phi) is 2.93. The van der Waals surface area contributed by atoms with Crippen molar-refractivity contribution in [3.05, 3.63) is 10.9 Å². The summed E-state index contributed by atoms with van der Waals surface area (Å²) in [4.78, 5) is 11.2. The first kappa shape index (κ1) is 10.8. The number of carbonyl (C=O) groups is 1. The summed E-state index contributed by atoms with van der Waals surface area (Å²) in [7, 11) is 0. The Morgan fingerprint density at radius 1 is 1.67 bits per heavy atom. The van der Waals surface area contributed by atoms with Crippen molar-refractivity contribution in [2.75, 3.05) is 11.9 Å². The van der Waals surface area contributed by atoms with E-state index in [0.29, 0.717) is 16.0 Å². The molecule has 3 nitrogen and oxygen atoms in total. The molecule has 0 bridgehead atoms. The van der Waals surface area contributed by atoms with Gasteiger partial charge in [-0.1, -0.05) is 13.8 Å². The van der Waals surface area contributed by atoms with E-state index in [1.807, 2.05) is 0 Å². The van der Waals surface area contributed by atoms with Crippen LogP contribution in [0.2, 0.25) is 0 Å². The first-order chi connectivity index (χ1) is 7.08. The lowest BCUT2D eigenvalue weighted by atomic mass is 10.1. The van der Waals surface area contributed by atoms with Crippen LogP contribution in [0.1, 0.15) is 23.5 Å². The number of fused-ring (bicyclic) bond motifs is 1. The number of carboxylic acids is 1. The standard InChI is InChI=1S/C10H13NO2S2/c1-5(2)8-4-11-6-3-7(9(12)13)14-10(6)15-8/h3,5,8,11H,4H2,1-2H3,(H,12,13). The molecule has 1 aliphatic heterocycles. The molecule has 0 saturated heterocycles. The van der Waals surface area contributed by atoms with Gasteiger partial charge in [-0.25, -0.2) is 4.79 Å². The molecular formula is C10H13NO2S2. The third-order valence-electron chi connectivity index (χ3n) is 2.40. The van der Waals surface area contributed by atoms with Gasteiger partial charge in [0.15, 0.2) is 0 Å². The van der Waals surface area contributed by atoms with Crippen LogP contribution in [0.25, 0.3) is 0 Å². The van der Waals surface area contributed by atoms with Crippen LogP contribution < -0.4 is 5.32 Å². The van der Waals surface area contributed by atoms with Crippen LogP contribution in [-0.4, -0.2) is 22.9 Å². The van der Waals surface area contributed by atoms with Gasteiger partial charge >= 0.3 is 5.97 Å². The fraction of sp³-hybridized carbons (Fsp3) is 0.500. The van der Waals surface area contributed by atoms with Crippen molar-refractivity contribution in [2.45, 2.75) is 23.3 Å². The van der Waals surface area contributed by atoms with Crippen molar-refractivity contribution in [3.8, 4) is 0 Å². The van der Waals surface area contributed by atoms with Crippen LogP contribution in [0.5, 0.6) is 0 Å². The Balaban J connectivity index is 2.23. The maximum absolute atomic E-state index is 10.8. The molecule has 5 heteroatoms. The van der Waals surface area contributed by atoms with Crippen molar-refractivity contribution < 1.29 is 9.90 Å². The SMILES string of the molecule is CC(C)C1CNc2cc(C(=O)O)sc2S1. The van der Waals surface area contributed by atoms with Crippen LogP contribution in [0.3, 0.4) is 0 Å². The highest BCUT2D eigenvalue weighted by Gasteiger charge is 2.24. The monoisotopic (exact) mass is 243 g/mol. The van der Waals surface area contributed by atoms with Gasteiger partial charge in [0.2, 0.25) is 0 Å². The van der Waals surface area contributed by atoms with E-state index in [2.05, 4.69) is 19.2 Å². The van der Waals surface area contributed by atoms with Gasteiger partial charge in [-0.3, -0.25) is 0 Å². The normalized spacial score (nSPS) is 19.8. The number of hydrogen-bond donors (Lipinski definition) is 2. The molecule has 1 aromatic heterocycles. The Morgan fingerprint density at radius 2 is 2.40 bits per heavy atom. The van der Waals surface area contributed by atoms with Crippen molar-refractivity contribution >= 4 is 34.8 Å². The average molecular weight is 243 g/mol. The summed E-state index contributed by atoms with van der Waals surface area (Å²) >= 11 is 3.16. The molecule has 0 saturated carbocycles. The van der Waals surface area contributed by atoms with Crippen LogP contribution in [0.4, 0.5) is 5.69 Å². The molecule has 82 valence electrons. The molecule has 1 aromatic rings. The molecule has 2 heterocycles. The summed E-state index contributed by atoms with van der Waals surface area (Å²) in [6.45, 7) is 5.30. The number of hydrogen-bond acceptors (Lipinski definition) is 4. The second-order valence-corrected chi connectivity index (χ2v) is 6.46. The van der Waals surface area contributed by atoms with Gasteiger partial charge in [-0.15, -0.1) is 23.1 Å². The zero-order valence-corrected chi connectivity index (χ0v) is 10.2. The maximum Gasteiger partial charge on any atom is 0.345 e. The van der Waals surface area contributed by atoms with E-state index in [1.165, 1.54) is 11.3 Å². The third-order valence-corrected chi connectivity index (χ3v) is 5.31. The first-order valence-electron chi connectivity index (χ1n) is 4.85. The lowest BCUT2D eigenvalue weighted by Crippen LogP contribution is -2.24. The molecule has 0 aromatic carbocycles. The summed E-state index contributed by atoms with van der Waals surface area (Å²) in [6.07, 6.45) is 0. The van der Waals surface area contributed by atoms with E-state index in [0.717, 1.165) is 16.4 Å². The molecule has 0 spiro atoms. The molecule has 1 atom stereocenters. The molecule has 1 unspecified atom stereocenters. The minimum Gasteiger partial charge on any atom is -0.477 e. The van der Waals surface area contributed by atoms with E-state index in [1.54, 1.807) is 17.8 Å². The Bertz CT molecular complexity index is 387. The Labute approximate surface area is 96.9 Å². The summed E-state index contributed by atoms with van der Waals surface area (Å²) in [5.41, 5.74) is 0.985. The average Bonchev–Trinajstić information content (AvgIpc) is 2.59. The number of anilines is 1. The quantitative estimate of drug-likeness (QED) is 0.838. The molecule has 0 aliphatic carbocycles. The zero-order chi connectivity index (χ0) is 11.0. The molecule has 0 fully saturated rings. The van der Waals surface area contributed by atoms with Gasteiger partial charge in [-0.2, -0.15) is 0 Å². The van der Waals surface area contributed by atoms with Crippen LogP contribution in [-0.2, 0) is 0 Å². The zero-order valence-electron chi connectivity index (χ0n) is 8.61. The lowest BCUT2D eigenvalue weighted by Gasteiger charge is -2.25. The van der Waals surface area contributed by atoms with Gasteiger partial charge in [-0.05, 0) is 12.0 Å². The van der Waals surface area contributed by atoms with E-state index >= 15 is 0 Å². The summed E-state index contributed by atoms with van der Waals surface area (Å²) in [6, 6.07) is 1.73. The highest BCUT2D eigenvalue weighted by atomic mass is 32.2. The topological polar surface area (TPSA) is 49.3 Å².